The summed E-state index contributed by atoms with van der Waals surface area (Å²) in [6.45, 7) is 1.81. The fourth-order valence-corrected chi connectivity index (χ4v) is 2.50. The minimum absolute atomic E-state index is 0.907. The number of nitrogens with zero attached hydrogens (tertiary/aromatic N) is 4. The van der Waals surface area contributed by atoms with Crippen LogP contribution in [0.5, 0.6) is 0 Å². The van der Waals surface area contributed by atoms with Crippen LogP contribution in [0.4, 0.5) is 0 Å². The standard InChI is InChI=1S/C12H11BrN4/c13-11-8-17(6-5-16-4-3-15-9-16)12-7-14-2-1-10(11)12/h1-4,7-9H,5-6H2. The van der Waals surface area contributed by atoms with Crippen LogP contribution >= 0.6 is 15.9 Å². The number of aromatic nitrogens is 4. The topological polar surface area (TPSA) is 35.6 Å². The molecule has 3 aromatic rings. The van der Waals surface area contributed by atoms with E-state index in [0.717, 1.165) is 23.1 Å². The van der Waals surface area contributed by atoms with Crippen LogP contribution in [0.25, 0.3) is 10.9 Å². The summed E-state index contributed by atoms with van der Waals surface area (Å²) in [7, 11) is 0. The number of imidazole rings is 1. The molecule has 0 aromatic carbocycles. The van der Waals surface area contributed by atoms with E-state index in [2.05, 4.69) is 41.2 Å². The number of hydrogen-bond donors (Lipinski definition) is 0. The molecule has 3 heterocycles. The van der Waals surface area contributed by atoms with Gasteiger partial charge in [-0.2, -0.15) is 0 Å². The minimum Gasteiger partial charge on any atom is -0.343 e. The molecule has 0 saturated carbocycles. The summed E-state index contributed by atoms with van der Waals surface area (Å²) < 4.78 is 5.38. The Morgan fingerprint density at radius 3 is 2.94 bits per heavy atom. The number of halogens is 1. The van der Waals surface area contributed by atoms with Gasteiger partial charge in [0.05, 0.1) is 18.0 Å². The van der Waals surface area contributed by atoms with Gasteiger partial charge in [0.25, 0.3) is 0 Å². The van der Waals surface area contributed by atoms with Gasteiger partial charge in [0.1, 0.15) is 0 Å². The normalized spacial score (nSPS) is 11.1. The Balaban J connectivity index is 1.90. The fraction of sp³-hybridized carbons (Fsp3) is 0.167. The van der Waals surface area contributed by atoms with Crippen molar-refractivity contribution in [2.45, 2.75) is 13.1 Å². The van der Waals surface area contributed by atoms with Gasteiger partial charge in [-0.25, -0.2) is 4.98 Å². The van der Waals surface area contributed by atoms with E-state index in [1.54, 1.807) is 6.20 Å². The molecular weight excluding hydrogens is 280 g/mol. The molecule has 3 aromatic heterocycles. The summed E-state index contributed by atoms with van der Waals surface area (Å²) in [6.07, 6.45) is 11.4. The van der Waals surface area contributed by atoms with Crippen LogP contribution in [0, 0.1) is 0 Å². The first-order valence-corrected chi connectivity index (χ1v) is 6.18. The lowest BCUT2D eigenvalue weighted by Crippen LogP contribution is -2.04. The van der Waals surface area contributed by atoms with Gasteiger partial charge < -0.3 is 9.13 Å². The molecule has 86 valence electrons. The Morgan fingerprint density at radius 1 is 1.18 bits per heavy atom. The van der Waals surface area contributed by atoms with Crippen molar-refractivity contribution in [3.63, 3.8) is 0 Å². The zero-order valence-corrected chi connectivity index (χ0v) is 10.7. The van der Waals surface area contributed by atoms with Crippen LogP contribution in [-0.4, -0.2) is 19.1 Å². The highest BCUT2D eigenvalue weighted by atomic mass is 79.9. The first-order chi connectivity index (χ1) is 8.34. The molecule has 0 unspecified atom stereocenters. The molecule has 0 aliphatic carbocycles. The Bertz CT molecular complexity index is 627. The first kappa shape index (κ1) is 10.5. The first-order valence-electron chi connectivity index (χ1n) is 5.39. The average molecular weight is 291 g/mol. The average Bonchev–Trinajstić information content (AvgIpc) is 2.96. The number of pyridine rings is 1. The van der Waals surface area contributed by atoms with E-state index >= 15 is 0 Å². The lowest BCUT2D eigenvalue weighted by atomic mass is 10.3. The van der Waals surface area contributed by atoms with Crippen molar-refractivity contribution in [1.82, 2.24) is 19.1 Å². The maximum Gasteiger partial charge on any atom is 0.0946 e. The Morgan fingerprint density at radius 2 is 2.12 bits per heavy atom. The van der Waals surface area contributed by atoms with Crippen molar-refractivity contribution in [3.8, 4) is 0 Å². The van der Waals surface area contributed by atoms with Crippen LogP contribution in [0.3, 0.4) is 0 Å². The van der Waals surface area contributed by atoms with Crippen molar-refractivity contribution < 1.29 is 0 Å². The molecule has 0 aliphatic heterocycles. The van der Waals surface area contributed by atoms with E-state index in [9.17, 15) is 0 Å². The molecule has 0 fully saturated rings. The summed E-state index contributed by atoms with van der Waals surface area (Å²) in [4.78, 5) is 8.21. The number of hydrogen-bond acceptors (Lipinski definition) is 2. The predicted molar refractivity (Wildman–Crippen MR) is 69.7 cm³/mol. The van der Waals surface area contributed by atoms with Gasteiger partial charge in [-0.05, 0) is 22.0 Å². The monoisotopic (exact) mass is 290 g/mol. The second-order valence-corrected chi connectivity index (χ2v) is 4.72. The summed E-state index contributed by atoms with van der Waals surface area (Å²) >= 11 is 3.57. The molecule has 0 bridgehead atoms. The molecule has 0 saturated heterocycles. The van der Waals surface area contributed by atoms with Gasteiger partial charge in [0, 0.05) is 47.7 Å². The van der Waals surface area contributed by atoms with E-state index in [4.69, 9.17) is 0 Å². The molecule has 0 aliphatic rings. The number of aryl methyl sites for hydroxylation is 2. The summed E-state index contributed by atoms with van der Waals surface area (Å²) in [5.74, 6) is 0. The molecule has 5 heteroatoms. The van der Waals surface area contributed by atoms with E-state index in [1.165, 1.54) is 5.39 Å². The molecule has 0 amide bonds. The largest absolute Gasteiger partial charge is 0.343 e. The molecule has 0 atom stereocenters. The summed E-state index contributed by atoms with van der Waals surface area (Å²) in [6, 6.07) is 2.02. The summed E-state index contributed by atoms with van der Waals surface area (Å²) in [5, 5.41) is 1.20. The van der Waals surface area contributed by atoms with Crippen LogP contribution in [0.15, 0.2) is 47.9 Å². The van der Waals surface area contributed by atoms with Crippen LogP contribution in [0.2, 0.25) is 0 Å². The van der Waals surface area contributed by atoms with Crippen molar-refractivity contribution in [3.05, 3.63) is 47.9 Å². The highest BCUT2D eigenvalue weighted by Gasteiger charge is 2.05. The molecule has 0 N–H and O–H groups in total. The summed E-state index contributed by atoms with van der Waals surface area (Å²) in [5.41, 5.74) is 1.15. The van der Waals surface area contributed by atoms with Crippen molar-refractivity contribution >= 4 is 26.8 Å². The van der Waals surface area contributed by atoms with E-state index in [0.29, 0.717) is 0 Å². The van der Waals surface area contributed by atoms with Gasteiger partial charge in [0.15, 0.2) is 0 Å². The third kappa shape index (κ3) is 1.98. The zero-order chi connectivity index (χ0) is 11.7. The molecule has 0 radical (unpaired) electrons. The van der Waals surface area contributed by atoms with Gasteiger partial charge in [0.2, 0.25) is 0 Å². The van der Waals surface area contributed by atoms with Gasteiger partial charge in [-0.3, -0.25) is 4.98 Å². The lowest BCUT2D eigenvalue weighted by molar-refractivity contribution is 0.591. The Kier molecular flexibility index (Phi) is 2.68. The Labute approximate surface area is 107 Å². The van der Waals surface area contributed by atoms with Crippen LogP contribution in [0.1, 0.15) is 0 Å². The second kappa shape index (κ2) is 4.33. The molecular formula is C12H11BrN4. The Hall–Kier alpha value is -1.62. The van der Waals surface area contributed by atoms with Crippen LogP contribution < -0.4 is 0 Å². The second-order valence-electron chi connectivity index (χ2n) is 3.86. The van der Waals surface area contributed by atoms with Crippen molar-refractivity contribution in [2.75, 3.05) is 0 Å². The maximum absolute atomic E-state index is 4.17. The van der Waals surface area contributed by atoms with Crippen LogP contribution in [-0.2, 0) is 13.1 Å². The van der Waals surface area contributed by atoms with Gasteiger partial charge >= 0.3 is 0 Å². The van der Waals surface area contributed by atoms with Gasteiger partial charge in [-0.15, -0.1) is 0 Å². The highest BCUT2D eigenvalue weighted by Crippen LogP contribution is 2.25. The van der Waals surface area contributed by atoms with Crippen molar-refractivity contribution in [1.29, 1.82) is 0 Å². The minimum atomic E-state index is 0.907. The smallest absolute Gasteiger partial charge is 0.0946 e. The molecule has 17 heavy (non-hydrogen) atoms. The van der Waals surface area contributed by atoms with Gasteiger partial charge in [-0.1, -0.05) is 0 Å². The number of fused-ring (bicyclic) bond motifs is 1. The third-order valence-electron chi connectivity index (χ3n) is 2.79. The van der Waals surface area contributed by atoms with E-state index in [-0.39, 0.29) is 0 Å². The van der Waals surface area contributed by atoms with E-state index < -0.39 is 0 Å². The highest BCUT2D eigenvalue weighted by molar-refractivity contribution is 9.10. The number of rotatable bonds is 3. The predicted octanol–water partition coefficient (Wildman–Crippen LogP) is 2.70. The zero-order valence-electron chi connectivity index (χ0n) is 9.12. The SMILES string of the molecule is Brc1cn(CCn2ccnc2)c2cnccc12. The fourth-order valence-electron chi connectivity index (χ4n) is 1.92. The maximum atomic E-state index is 4.17. The molecule has 0 spiro atoms. The third-order valence-corrected chi connectivity index (χ3v) is 3.43. The molecule has 3 rings (SSSR count). The molecule has 4 nitrogen and oxygen atoms in total. The quantitative estimate of drug-likeness (QED) is 0.743. The van der Waals surface area contributed by atoms with Crippen molar-refractivity contribution in [2.24, 2.45) is 0 Å². The van der Waals surface area contributed by atoms with E-state index in [1.807, 2.05) is 31.0 Å². The lowest BCUT2D eigenvalue weighted by Gasteiger charge is -2.05.